The van der Waals surface area contributed by atoms with Gasteiger partial charge in [0.15, 0.2) is 17.6 Å². The summed E-state index contributed by atoms with van der Waals surface area (Å²) in [5, 5.41) is 6.43. The number of hydrogen-bond donors (Lipinski definition) is 2. The van der Waals surface area contributed by atoms with E-state index in [2.05, 4.69) is 56.9 Å². The van der Waals surface area contributed by atoms with Crippen molar-refractivity contribution in [3.05, 3.63) is 77.4 Å². The second kappa shape index (κ2) is 11.1. The standard InChI is InChI=1S/C22H26F2N4.HI/c1-3-25-22(27-16(2)18-8-11-20(23)21(24)14-18)26-15-17-6-9-19(10-7-17)28-12-4-5-13-28;/h4-11,14,16H,3,12-13,15H2,1-2H3,(H2,25,26,27);1H. The van der Waals surface area contributed by atoms with Crippen molar-refractivity contribution < 1.29 is 8.78 Å². The van der Waals surface area contributed by atoms with E-state index < -0.39 is 11.6 Å². The molecular formula is C22H27F2IN4. The number of benzene rings is 2. The van der Waals surface area contributed by atoms with Crippen molar-refractivity contribution >= 4 is 35.6 Å². The van der Waals surface area contributed by atoms with Gasteiger partial charge in [-0.2, -0.15) is 0 Å². The molecule has 0 amide bonds. The topological polar surface area (TPSA) is 39.7 Å². The van der Waals surface area contributed by atoms with Crippen LogP contribution in [0.25, 0.3) is 0 Å². The van der Waals surface area contributed by atoms with Gasteiger partial charge in [-0.1, -0.05) is 30.4 Å². The zero-order chi connectivity index (χ0) is 19.9. The van der Waals surface area contributed by atoms with Crippen molar-refractivity contribution in [2.24, 2.45) is 4.99 Å². The molecule has 1 unspecified atom stereocenters. The van der Waals surface area contributed by atoms with Crippen LogP contribution in [0.15, 0.2) is 59.6 Å². The van der Waals surface area contributed by atoms with Gasteiger partial charge < -0.3 is 15.5 Å². The Bertz CT molecular complexity index is 844. The molecule has 0 spiro atoms. The number of nitrogens with zero attached hydrogens (tertiary/aromatic N) is 2. The number of nitrogens with one attached hydrogen (secondary N) is 2. The fraction of sp³-hybridized carbons (Fsp3) is 0.318. The number of halogens is 3. The summed E-state index contributed by atoms with van der Waals surface area (Å²) in [6, 6.07) is 12.1. The number of anilines is 1. The summed E-state index contributed by atoms with van der Waals surface area (Å²) in [4.78, 5) is 6.91. The number of hydrogen-bond acceptors (Lipinski definition) is 2. The van der Waals surface area contributed by atoms with E-state index in [0.717, 1.165) is 24.7 Å². The molecule has 0 saturated heterocycles. The van der Waals surface area contributed by atoms with Gasteiger partial charge in [-0.05, 0) is 49.2 Å². The zero-order valence-corrected chi connectivity index (χ0v) is 19.0. The van der Waals surface area contributed by atoms with Crippen LogP contribution in [0.3, 0.4) is 0 Å². The zero-order valence-electron chi connectivity index (χ0n) is 16.7. The quantitative estimate of drug-likeness (QED) is 0.254. The Morgan fingerprint density at radius 3 is 2.38 bits per heavy atom. The molecule has 2 aromatic rings. The van der Waals surface area contributed by atoms with Crippen molar-refractivity contribution in [1.82, 2.24) is 10.6 Å². The fourth-order valence-electron chi connectivity index (χ4n) is 3.06. The summed E-state index contributed by atoms with van der Waals surface area (Å²) in [6.07, 6.45) is 4.33. The number of guanidine groups is 1. The van der Waals surface area contributed by atoms with Crippen LogP contribution in [-0.2, 0) is 6.54 Å². The molecule has 0 radical (unpaired) electrons. The molecule has 29 heavy (non-hydrogen) atoms. The predicted molar refractivity (Wildman–Crippen MR) is 126 cm³/mol. The molecule has 1 aliphatic heterocycles. The van der Waals surface area contributed by atoms with Gasteiger partial charge >= 0.3 is 0 Å². The molecule has 1 atom stereocenters. The van der Waals surface area contributed by atoms with Crippen LogP contribution in [0.5, 0.6) is 0 Å². The number of rotatable bonds is 6. The second-order valence-corrected chi connectivity index (χ2v) is 6.78. The molecular weight excluding hydrogens is 485 g/mol. The van der Waals surface area contributed by atoms with Gasteiger partial charge in [-0.3, -0.25) is 0 Å². The van der Waals surface area contributed by atoms with Crippen LogP contribution in [0.2, 0.25) is 0 Å². The molecule has 0 fully saturated rings. The monoisotopic (exact) mass is 512 g/mol. The molecule has 2 N–H and O–H groups in total. The van der Waals surface area contributed by atoms with Gasteiger partial charge in [0.05, 0.1) is 12.6 Å². The van der Waals surface area contributed by atoms with Crippen molar-refractivity contribution in [2.45, 2.75) is 26.4 Å². The SMILES string of the molecule is CCNC(=NCc1ccc(N2CC=CC2)cc1)NC(C)c1ccc(F)c(F)c1.I. The van der Waals surface area contributed by atoms with E-state index in [1.54, 1.807) is 6.07 Å². The highest BCUT2D eigenvalue weighted by molar-refractivity contribution is 14.0. The van der Waals surface area contributed by atoms with Gasteiger partial charge in [0, 0.05) is 25.3 Å². The second-order valence-electron chi connectivity index (χ2n) is 6.78. The van der Waals surface area contributed by atoms with Gasteiger partial charge in [0.25, 0.3) is 0 Å². The highest BCUT2D eigenvalue weighted by Crippen LogP contribution is 2.18. The summed E-state index contributed by atoms with van der Waals surface area (Å²) < 4.78 is 26.6. The van der Waals surface area contributed by atoms with E-state index in [9.17, 15) is 8.78 Å². The van der Waals surface area contributed by atoms with Gasteiger partial charge in [0.1, 0.15) is 0 Å². The predicted octanol–water partition coefficient (Wildman–Crippen LogP) is 4.78. The average Bonchev–Trinajstić information content (AvgIpc) is 3.23. The van der Waals surface area contributed by atoms with E-state index >= 15 is 0 Å². The van der Waals surface area contributed by atoms with Gasteiger partial charge in [0.2, 0.25) is 0 Å². The van der Waals surface area contributed by atoms with Crippen LogP contribution < -0.4 is 15.5 Å². The Morgan fingerprint density at radius 2 is 1.76 bits per heavy atom. The maximum atomic E-state index is 13.5. The minimum absolute atomic E-state index is 0. The van der Waals surface area contributed by atoms with E-state index in [0.29, 0.717) is 24.6 Å². The maximum absolute atomic E-state index is 13.5. The minimum atomic E-state index is -0.846. The lowest BCUT2D eigenvalue weighted by atomic mass is 10.1. The number of aliphatic imine (C=N–C) groups is 1. The summed E-state index contributed by atoms with van der Waals surface area (Å²) in [5.41, 5.74) is 2.97. The largest absolute Gasteiger partial charge is 0.364 e. The third kappa shape index (κ3) is 6.42. The smallest absolute Gasteiger partial charge is 0.192 e. The van der Waals surface area contributed by atoms with Crippen LogP contribution in [0, 0.1) is 11.6 Å². The molecule has 4 nitrogen and oxygen atoms in total. The molecule has 156 valence electrons. The molecule has 7 heteroatoms. The van der Waals surface area contributed by atoms with E-state index in [1.165, 1.54) is 11.8 Å². The first kappa shape index (κ1) is 23.1. The summed E-state index contributed by atoms with van der Waals surface area (Å²) >= 11 is 0. The summed E-state index contributed by atoms with van der Waals surface area (Å²) in [6.45, 7) is 7.01. The first-order valence-electron chi connectivity index (χ1n) is 9.55. The van der Waals surface area contributed by atoms with Crippen molar-refractivity contribution in [2.75, 3.05) is 24.5 Å². The molecule has 0 aliphatic carbocycles. The van der Waals surface area contributed by atoms with Crippen LogP contribution in [0.4, 0.5) is 14.5 Å². The Labute approximate surface area is 188 Å². The van der Waals surface area contributed by atoms with Crippen molar-refractivity contribution in [3.63, 3.8) is 0 Å². The maximum Gasteiger partial charge on any atom is 0.192 e. The van der Waals surface area contributed by atoms with E-state index in [4.69, 9.17) is 0 Å². The molecule has 3 rings (SSSR count). The minimum Gasteiger partial charge on any atom is -0.364 e. The summed E-state index contributed by atoms with van der Waals surface area (Å²) in [5.74, 6) is -1.06. The molecule has 2 aromatic carbocycles. The lowest BCUT2D eigenvalue weighted by molar-refractivity contribution is 0.504. The van der Waals surface area contributed by atoms with Gasteiger partial charge in [-0.25, -0.2) is 13.8 Å². The third-order valence-electron chi connectivity index (χ3n) is 4.68. The van der Waals surface area contributed by atoms with Crippen LogP contribution in [-0.4, -0.2) is 25.6 Å². The van der Waals surface area contributed by atoms with E-state index in [1.807, 2.05) is 13.8 Å². The van der Waals surface area contributed by atoms with Crippen LogP contribution in [0.1, 0.15) is 31.0 Å². The molecule has 0 bridgehead atoms. The highest BCUT2D eigenvalue weighted by atomic mass is 127. The fourth-order valence-corrected chi connectivity index (χ4v) is 3.06. The summed E-state index contributed by atoms with van der Waals surface area (Å²) in [7, 11) is 0. The molecule has 1 heterocycles. The molecule has 1 aliphatic rings. The average molecular weight is 512 g/mol. The normalized spacial score (nSPS) is 14.5. The Kier molecular flexibility index (Phi) is 8.88. The third-order valence-corrected chi connectivity index (χ3v) is 4.68. The Hall–Kier alpha value is -2.16. The lowest BCUT2D eigenvalue weighted by Crippen LogP contribution is -2.38. The Balaban J connectivity index is 0.00000300. The Morgan fingerprint density at radius 1 is 1.07 bits per heavy atom. The van der Waals surface area contributed by atoms with Crippen molar-refractivity contribution in [3.8, 4) is 0 Å². The first-order valence-corrected chi connectivity index (χ1v) is 9.55. The molecule has 0 aromatic heterocycles. The highest BCUT2D eigenvalue weighted by Gasteiger charge is 2.11. The van der Waals surface area contributed by atoms with E-state index in [-0.39, 0.29) is 30.0 Å². The molecule has 0 saturated carbocycles. The lowest BCUT2D eigenvalue weighted by Gasteiger charge is -2.19. The van der Waals surface area contributed by atoms with Gasteiger partial charge in [-0.15, -0.1) is 24.0 Å². The van der Waals surface area contributed by atoms with Crippen molar-refractivity contribution in [1.29, 1.82) is 0 Å². The van der Waals surface area contributed by atoms with Crippen LogP contribution >= 0.6 is 24.0 Å². The first-order chi connectivity index (χ1) is 13.6.